The number of nitrogens with one attached hydrogen (secondary N) is 2. The zero-order valence-electron chi connectivity index (χ0n) is 9.92. The standard InChI is InChI=1S/C13H17ClN2O/c1-9-7-10(4-5-12(9)14)13(17)16-8-11-3-2-6-15-11/h4-5,7,11,15H,2-3,6,8H2,1H3,(H,16,17). The third-order valence-electron chi connectivity index (χ3n) is 3.09. The van der Waals surface area contributed by atoms with E-state index in [2.05, 4.69) is 10.6 Å². The molecule has 1 saturated heterocycles. The molecule has 0 aromatic heterocycles. The van der Waals surface area contributed by atoms with Gasteiger partial charge in [-0.1, -0.05) is 11.6 Å². The van der Waals surface area contributed by atoms with Gasteiger partial charge in [0.25, 0.3) is 5.91 Å². The molecule has 0 bridgehead atoms. The molecule has 0 radical (unpaired) electrons. The Bertz CT molecular complexity index is 414. The fraction of sp³-hybridized carbons (Fsp3) is 0.462. The van der Waals surface area contributed by atoms with Gasteiger partial charge < -0.3 is 10.6 Å². The third kappa shape index (κ3) is 3.20. The third-order valence-corrected chi connectivity index (χ3v) is 3.52. The number of benzene rings is 1. The average molecular weight is 253 g/mol. The minimum absolute atomic E-state index is 0.0292. The Morgan fingerprint density at radius 2 is 2.41 bits per heavy atom. The van der Waals surface area contributed by atoms with Crippen molar-refractivity contribution in [2.24, 2.45) is 0 Å². The Balaban J connectivity index is 1.92. The summed E-state index contributed by atoms with van der Waals surface area (Å²) in [5.41, 5.74) is 1.60. The highest BCUT2D eigenvalue weighted by Crippen LogP contribution is 2.16. The van der Waals surface area contributed by atoms with E-state index in [9.17, 15) is 4.79 Å². The van der Waals surface area contributed by atoms with Crippen LogP contribution >= 0.6 is 11.6 Å². The largest absolute Gasteiger partial charge is 0.350 e. The summed E-state index contributed by atoms with van der Waals surface area (Å²) in [6.45, 7) is 3.65. The molecule has 1 amide bonds. The van der Waals surface area contributed by atoms with Crippen molar-refractivity contribution in [2.75, 3.05) is 13.1 Å². The van der Waals surface area contributed by atoms with Crippen molar-refractivity contribution in [1.29, 1.82) is 0 Å². The van der Waals surface area contributed by atoms with E-state index in [1.54, 1.807) is 12.1 Å². The van der Waals surface area contributed by atoms with Gasteiger partial charge in [0.15, 0.2) is 0 Å². The fourth-order valence-electron chi connectivity index (χ4n) is 2.03. The zero-order chi connectivity index (χ0) is 12.3. The number of carbonyl (C=O) groups is 1. The van der Waals surface area contributed by atoms with Crippen LogP contribution in [0, 0.1) is 6.92 Å². The van der Waals surface area contributed by atoms with Crippen LogP contribution in [-0.2, 0) is 0 Å². The molecule has 17 heavy (non-hydrogen) atoms. The zero-order valence-corrected chi connectivity index (χ0v) is 10.7. The normalized spacial score (nSPS) is 19.3. The molecule has 4 heteroatoms. The second kappa shape index (κ2) is 5.52. The lowest BCUT2D eigenvalue weighted by Gasteiger charge is -2.11. The first-order valence-electron chi connectivity index (χ1n) is 5.94. The molecule has 1 aromatic rings. The minimum atomic E-state index is -0.0292. The van der Waals surface area contributed by atoms with Crippen molar-refractivity contribution in [2.45, 2.75) is 25.8 Å². The Hall–Kier alpha value is -1.06. The smallest absolute Gasteiger partial charge is 0.251 e. The summed E-state index contributed by atoms with van der Waals surface area (Å²) >= 11 is 5.92. The highest BCUT2D eigenvalue weighted by molar-refractivity contribution is 6.31. The van der Waals surface area contributed by atoms with Crippen molar-refractivity contribution < 1.29 is 4.79 Å². The second-order valence-electron chi connectivity index (χ2n) is 4.47. The number of rotatable bonds is 3. The van der Waals surface area contributed by atoms with Gasteiger partial charge in [0.05, 0.1) is 0 Å². The summed E-state index contributed by atoms with van der Waals surface area (Å²) in [4.78, 5) is 11.9. The summed E-state index contributed by atoms with van der Waals surface area (Å²) in [6, 6.07) is 5.76. The van der Waals surface area contributed by atoms with E-state index >= 15 is 0 Å². The van der Waals surface area contributed by atoms with E-state index in [1.165, 1.54) is 6.42 Å². The molecule has 1 heterocycles. The lowest BCUT2D eigenvalue weighted by molar-refractivity contribution is 0.0950. The van der Waals surface area contributed by atoms with Crippen molar-refractivity contribution in [3.05, 3.63) is 34.3 Å². The van der Waals surface area contributed by atoms with E-state index in [-0.39, 0.29) is 5.91 Å². The Labute approximate surface area is 107 Å². The van der Waals surface area contributed by atoms with Crippen LogP contribution in [0.3, 0.4) is 0 Å². The lowest BCUT2D eigenvalue weighted by Crippen LogP contribution is -2.37. The van der Waals surface area contributed by atoms with Gasteiger partial charge in [-0.15, -0.1) is 0 Å². The van der Waals surface area contributed by atoms with Crippen molar-refractivity contribution in [1.82, 2.24) is 10.6 Å². The number of hydrogen-bond donors (Lipinski definition) is 2. The molecule has 1 unspecified atom stereocenters. The molecular formula is C13H17ClN2O. The summed E-state index contributed by atoms with van der Waals surface area (Å²) in [7, 11) is 0. The van der Waals surface area contributed by atoms with E-state index in [4.69, 9.17) is 11.6 Å². The number of amides is 1. The first-order chi connectivity index (χ1) is 8.16. The monoisotopic (exact) mass is 252 g/mol. The SMILES string of the molecule is Cc1cc(C(=O)NCC2CCCN2)ccc1Cl. The van der Waals surface area contributed by atoms with Crippen LogP contribution in [0.1, 0.15) is 28.8 Å². The molecule has 1 fully saturated rings. The van der Waals surface area contributed by atoms with Crippen LogP contribution in [0.5, 0.6) is 0 Å². The van der Waals surface area contributed by atoms with Gasteiger partial charge in [-0.05, 0) is 50.1 Å². The number of aryl methyl sites for hydroxylation is 1. The maximum Gasteiger partial charge on any atom is 0.251 e. The van der Waals surface area contributed by atoms with E-state index in [1.807, 2.05) is 13.0 Å². The van der Waals surface area contributed by atoms with Crippen LogP contribution in [0.2, 0.25) is 5.02 Å². The Morgan fingerprint density at radius 3 is 3.06 bits per heavy atom. The van der Waals surface area contributed by atoms with Crippen LogP contribution in [0.15, 0.2) is 18.2 Å². The summed E-state index contributed by atoms with van der Waals surface area (Å²) in [6.07, 6.45) is 2.33. The Kier molecular flexibility index (Phi) is 4.02. The van der Waals surface area contributed by atoms with Gasteiger partial charge in [-0.2, -0.15) is 0 Å². The molecule has 1 atom stereocenters. The predicted molar refractivity (Wildman–Crippen MR) is 69.5 cm³/mol. The van der Waals surface area contributed by atoms with Crippen LogP contribution in [0.25, 0.3) is 0 Å². The van der Waals surface area contributed by atoms with E-state index in [0.717, 1.165) is 18.5 Å². The van der Waals surface area contributed by atoms with Gasteiger partial charge in [-0.3, -0.25) is 4.79 Å². The van der Waals surface area contributed by atoms with Crippen molar-refractivity contribution in [3.8, 4) is 0 Å². The van der Waals surface area contributed by atoms with Gasteiger partial charge in [0.1, 0.15) is 0 Å². The highest BCUT2D eigenvalue weighted by Gasteiger charge is 2.15. The van der Waals surface area contributed by atoms with Crippen molar-refractivity contribution >= 4 is 17.5 Å². The molecule has 0 saturated carbocycles. The molecule has 1 aliphatic rings. The molecule has 0 spiro atoms. The fourth-order valence-corrected chi connectivity index (χ4v) is 2.15. The predicted octanol–water partition coefficient (Wildman–Crippen LogP) is 2.13. The number of halogens is 1. The molecule has 1 aromatic carbocycles. The summed E-state index contributed by atoms with van der Waals surface area (Å²) < 4.78 is 0. The highest BCUT2D eigenvalue weighted by atomic mass is 35.5. The van der Waals surface area contributed by atoms with Gasteiger partial charge >= 0.3 is 0 Å². The van der Waals surface area contributed by atoms with E-state index in [0.29, 0.717) is 23.2 Å². The first kappa shape index (κ1) is 12.4. The molecule has 2 N–H and O–H groups in total. The summed E-state index contributed by atoms with van der Waals surface area (Å²) in [5, 5.41) is 6.98. The maximum absolute atomic E-state index is 11.9. The quantitative estimate of drug-likeness (QED) is 0.865. The molecule has 2 rings (SSSR count). The average Bonchev–Trinajstić information content (AvgIpc) is 2.82. The van der Waals surface area contributed by atoms with Gasteiger partial charge in [-0.25, -0.2) is 0 Å². The Morgan fingerprint density at radius 1 is 1.59 bits per heavy atom. The van der Waals surface area contributed by atoms with Crippen molar-refractivity contribution in [3.63, 3.8) is 0 Å². The van der Waals surface area contributed by atoms with Gasteiger partial charge in [0, 0.05) is 23.2 Å². The van der Waals surface area contributed by atoms with Crippen LogP contribution < -0.4 is 10.6 Å². The molecule has 1 aliphatic heterocycles. The minimum Gasteiger partial charge on any atom is -0.350 e. The molecular weight excluding hydrogens is 236 g/mol. The summed E-state index contributed by atoms with van der Waals surface area (Å²) in [5.74, 6) is -0.0292. The molecule has 3 nitrogen and oxygen atoms in total. The number of hydrogen-bond acceptors (Lipinski definition) is 2. The molecule has 0 aliphatic carbocycles. The van der Waals surface area contributed by atoms with Crippen LogP contribution in [0.4, 0.5) is 0 Å². The van der Waals surface area contributed by atoms with Crippen LogP contribution in [-0.4, -0.2) is 25.0 Å². The molecule has 92 valence electrons. The topological polar surface area (TPSA) is 41.1 Å². The first-order valence-corrected chi connectivity index (χ1v) is 6.32. The number of carbonyl (C=O) groups excluding carboxylic acids is 1. The second-order valence-corrected chi connectivity index (χ2v) is 4.87. The maximum atomic E-state index is 11.9. The van der Waals surface area contributed by atoms with Gasteiger partial charge in [0.2, 0.25) is 0 Å². The lowest BCUT2D eigenvalue weighted by atomic mass is 10.1. The van der Waals surface area contributed by atoms with E-state index < -0.39 is 0 Å².